The van der Waals surface area contributed by atoms with Crippen molar-refractivity contribution in [3.63, 3.8) is 0 Å². The average molecular weight is 304 g/mol. The van der Waals surface area contributed by atoms with E-state index in [1.807, 2.05) is 32.2 Å². The van der Waals surface area contributed by atoms with Crippen molar-refractivity contribution in [1.29, 1.82) is 0 Å². The first-order valence-electron chi connectivity index (χ1n) is 5.65. The van der Waals surface area contributed by atoms with E-state index in [1.54, 1.807) is 22.7 Å². The van der Waals surface area contributed by atoms with Crippen molar-refractivity contribution in [2.24, 2.45) is 0 Å². The Balaban J connectivity index is 2.46. The number of carbonyl (C=O) groups excluding carboxylic acids is 1. The molecule has 1 atom stereocenters. The number of amides is 1. The first kappa shape index (κ1) is 14.0. The predicted octanol–water partition coefficient (Wildman–Crippen LogP) is 4.17. The van der Waals surface area contributed by atoms with E-state index >= 15 is 0 Å². The van der Waals surface area contributed by atoms with Crippen LogP contribution in [-0.4, -0.2) is 28.4 Å². The van der Waals surface area contributed by atoms with Crippen molar-refractivity contribution in [1.82, 2.24) is 4.90 Å². The van der Waals surface area contributed by atoms with Gasteiger partial charge in [0.1, 0.15) is 5.50 Å². The van der Waals surface area contributed by atoms with Crippen LogP contribution in [0, 0.1) is 0 Å². The van der Waals surface area contributed by atoms with Gasteiger partial charge in [0.25, 0.3) is 5.91 Å². The van der Waals surface area contributed by atoms with Gasteiger partial charge >= 0.3 is 0 Å². The number of alkyl halides is 1. The summed E-state index contributed by atoms with van der Waals surface area (Å²) in [6.45, 7) is 4.05. The molecular formula is C13H15Cl2NOS. The Morgan fingerprint density at radius 3 is 2.67 bits per heavy atom. The quantitative estimate of drug-likeness (QED) is 0.617. The van der Waals surface area contributed by atoms with Crippen molar-refractivity contribution in [3.8, 4) is 0 Å². The van der Waals surface area contributed by atoms with Crippen LogP contribution in [0.3, 0.4) is 0 Å². The summed E-state index contributed by atoms with van der Waals surface area (Å²) < 4.78 is 0. The number of carbonyl (C=O) groups is 1. The normalized spacial score (nSPS) is 19.3. The fourth-order valence-corrected chi connectivity index (χ4v) is 3.97. The third-order valence-corrected chi connectivity index (χ3v) is 4.85. The summed E-state index contributed by atoms with van der Waals surface area (Å²) in [5, 5.41) is 0.477. The molecule has 1 aliphatic rings. The highest BCUT2D eigenvalue weighted by molar-refractivity contribution is 7.98. The van der Waals surface area contributed by atoms with E-state index < -0.39 is 5.50 Å². The molecule has 1 amide bonds. The van der Waals surface area contributed by atoms with Crippen LogP contribution < -0.4 is 0 Å². The van der Waals surface area contributed by atoms with Gasteiger partial charge in [-0.15, -0.1) is 0 Å². The third kappa shape index (κ3) is 2.13. The smallest absolute Gasteiger partial charge is 0.257 e. The van der Waals surface area contributed by atoms with Crippen molar-refractivity contribution in [2.45, 2.75) is 24.9 Å². The lowest BCUT2D eigenvalue weighted by Crippen LogP contribution is -2.46. The van der Waals surface area contributed by atoms with E-state index in [-0.39, 0.29) is 11.4 Å². The molecule has 2 rings (SSSR count). The van der Waals surface area contributed by atoms with Gasteiger partial charge in [-0.3, -0.25) is 4.79 Å². The van der Waals surface area contributed by atoms with Gasteiger partial charge in [-0.2, -0.15) is 11.8 Å². The largest absolute Gasteiger partial charge is 0.312 e. The second-order valence-corrected chi connectivity index (χ2v) is 6.65. The molecule has 2 nitrogen and oxygen atoms in total. The Morgan fingerprint density at radius 1 is 1.44 bits per heavy atom. The molecule has 0 fully saturated rings. The standard InChI is InChI=1S/C13H15Cl2NOS/c1-13(2,7-18-3)16-11(15)8-5-4-6-9(14)10(8)12(16)17/h4-6,11H,7H2,1-3H3. The van der Waals surface area contributed by atoms with E-state index in [0.29, 0.717) is 10.6 Å². The van der Waals surface area contributed by atoms with Crippen molar-refractivity contribution < 1.29 is 4.79 Å². The maximum absolute atomic E-state index is 12.5. The molecule has 1 unspecified atom stereocenters. The molecule has 5 heteroatoms. The number of benzene rings is 1. The van der Waals surface area contributed by atoms with Gasteiger partial charge in [0.15, 0.2) is 0 Å². The Labute approximate surface area is 122 Å². The molecule has 0 aliphatic carbocycles. The van der Waals surface area contributed by atoms with Gasteiger partial charge in [0.05, 0.1) is 10.6 Å². The number of nitrogens with zero attached hydrogens (tertiary/aromatic N) is 1. The Kier molecular flexibility index (Phi) is 3.86. The highest BCUT2D eigenvalue weighted by Gasteiger charge is 2.44. The number of halogens is 2. The van der Waals surface area contributed by atoms with Crippen LogP contribution in [0.1, 0.15) is 35.3 Å². The van der Waals surface area contributed by atoms with Crippen LogP contribution in [0.5, 0.6) is 0 Å². The summed E-state index contributed by atoms with van der Waals surface area (Å²) in [6, 6.07) is 5.42. The van der Waals surface area contributed by atoms with Crippen molar-refractivity contribution in [3.05, 3.63) is 34.3 Å². The van der Waals surface area contributed by atoms with Crippen LogP contribution in [-0.2, 0) is 0 Å². The van der Waals surface area contributed by atoms with Gasteiger partial charge in [-0.1, -0.05) is 35.3 Å². The van der Waals surface area contributed by atoms with Crippen LogP contribution >= 0.6 is 35.0 Å². The fraction of sp³-hybridized carbons (Fsp3) is 0.462. The Hall–Kier alpha value is -0.380. The SMILES string of the molecule is CSCC(C)(C)N1C(=O)c2c(Cl)cccc2C1Cl. The number of thioether (sulfide) groups is 1. The Morgan fingerprint density at radius 2 is 2.11 bits per heavy atom. The maximum atomic E-state index is 12.5. The van der Waals surface area contributed by atoms with E-state index in [9.17, 15) is 4.79 Å². The van der Waals surface area contributed by atoms with E-state index in [4.69, 9.17) is 23.2 Å². The molecule has 0 saturated carbocycles. The minimum Gasteiger partial charge on any atom is -0.312 e. The summed E-state index contributed by atoms with van der Waals surface area (Å²) in [7, 11) is 0. The van der Waals surface area contributed by atoms with Crippen molar-refractivity contribution >= 4 is 40.9 Å². The molecule has 0 bridgehead atoms. The lowest BCUT2D eigenvalue weighted by Gasteiger charge is -2.37. The lowest BCUT2D eigenvalue weighted by atomic mass is 10.1. The molecule has 0 N–H and O–H groups in total. The highest BCUT2D eigenvalue weighted by atomic mass is 35.5. The predicted molar refractivity (Wildman–Crippen MR) is 78.7 cm³/mol. The van der Waals surface area contributed by atoms with E-state index in [1.165, 1.54) is 0 Å². The number of fused-ring (bicyclic) bond motifs is 1. The van der Waals surface area contributed by atoms with Gasteiger partial charge in [0, 0.05) is 16.9 Å². The van der Waals surface area contributed by atoms with Crippen LogP contribution in [0.15, 0.2) is 18.2 Å². The second kappa shape index (κ2) is 4.95. The molecule has 1 aliphatic heterocycles. The van der Waals surface area contributed by atoms with Crippen LogP contribution in [0.4, 0.5) is 0 Å². The van der Waals surface area contributed by atoms with Gasteiger partial charge in [-0.25, -0.2) is 0 Å². The maximum Gasteiger partial charge on any atom is 0.257 e. The minimum absolute atomic E-state index is 0.0744. The minimum atomic E-state index is -0.437. The van der Waals surface area contributed by atoms with Gasteiger partial charge < -0.3 is 4.90 Å². The van der Waals surface area contributed by atoms with Crippen LogP contribution in [0.25, 0.3) is 0 Å². The van der Waals surface area contributed by atoms with E-state index in [0.717, 1.165) is 11.3 Å². The molecule has 0 aromatic heterocycles. The van der Waals surface area contributed by atoms with Crippen molar-refractivity contribution in [2.75, 3.05) is 12.0 Å². The van der Waals surface area contributed by atoms with E-state index in [2.05, 4.69) is 0 Å². The number of hydrogen-bond donors (Lipinski definition) is 0. The van der Waals surface area contributed by atoms with Crippen LogP contribution in [0.2, 0.25) is 5.02 Å². The summed E-state index contributed by atoms with van der Waals surface area (Å²) in [5.74, 6) is 0.753. The number of rotatable bonds is 3. The zero-order valence-electron chi connectivity index (χ0n) is 10.5. The fourth-order valence-electron chi connectivity index (χ4n) is 2.33. The summed E-state index contributed by atoms with van der Waals surface area (Å²) >= 11 is 14.2. The first-order chi connectivity index (χ1) is 8.40. The van der Waals surface area contributed by atoms with Gasteiger partial charge in [-0.05, 0) is 26.2 Å². The first-order valence-corrected chi connectivity index (χ1v) is 7.86. The topological polar surface area (TPSA) is 20.3 Å². The average Bonchev–Trinajstić information content (AvgIpc) is 2.53. The molecule has 0 saturated heterocycles. The molecule has 0 spiro atoms. The third-order valence-electron chi connectivity index (χ3n) is 3.11. The zero-order chi connectivity index (χ0) is 13.5. The second-order valence-electron chi connectivity index (χ2n) is 4.96. The summed E-state index contributed by atoms with van der Waals surface area (Å²) in [4.78, 5) is 14.2. The molecule has 98 valence electrons. The monoisotopic (exact) mass is 303 g/mol. The zero-order valence-corrected chi connectivity index (χ0v) is 12.9. The molecule has 1 aromatic rings. The highest BCUT2D eigenvalue weighted by Crippen LogP contribution is 2.44. The molecular weight excluding hydrogens is 289 g/mol. The summed E-state index contributed by atoms with van der Waals surface area (Å²) in [6.07, 6.45) is 2.02. The molecule has 1 heterocycles. The van der Waals surface area contributed by atoms with Gasteiger partial charge in [0.2, 0.25) is 0 Å². The number of hydrogen-bond acceptors (Lipinski definition) is 2. The molecule has 18 heavy (non-hydrogen) atoms. The lowest BCUT2D eigenvalue weighted by molar-refractivity contribution is 0.0602. The summed E-state index contributed by atoms with van der Waals surface area (Å²) in [5.41, 5.74) is 0.621. The Bertz CT molecular complexity index is 490. The molecule has 1 aromatic carbocycles. The molecule has 0 radical (unpaired) electrons.